The van der Waals surface area contributed by atoms with Gasteiger partial charge in [-0.1, -0.05) is 6.07 Å². The summed E-state index contributed by atoms with van der Waals surface area (Å²) in [5.41, 5.74) is 1.50. The molecule has 134 valence electrons. The lowest BCUT2D eigenvalue weighted by atomic mass is 10.1. The van der Waals surface area contributed by atoms with Gasteiger partial charge in [-0.3, -0.25) is 4.79 Å². The van der Waals surface area contributed by atoms with Gasteiger partial charge in [-0.25, -0.2) is 14.8 Å². The van der Waals surface area contributed by atoms with Gasteiger partial charge in [0.1, 0.15) is 16.2 Å². The van der Waals surface area contributed by atoms with Crippen LogP contribution in [0.2, 0.25) is 0 Å². The third kappa shape index (κ3) is 4.20. The standard InChI is InChI=1S/C18H17N3O3S2/c1-10-3-4-12(18(23)24)8-14(10)21-15(22)5-6-25-16-13-7-11(2)26-17(13)20-9-19-16/h3-4,7-9H,5-6H2,1-2H3,(H,21,22)(H,23,24). The van der Waals surface area contributed by atoms with Crippen molar-refractivity contribution in [3.8, 4) is 0 Å². The van der Waals surface area contributed by atoms with Gasteiger partial charge in [-0.15, -0.1) is 23.1 Å². The molecule has 2 aromatic heterocycles. The quantitative estimate of drug-likeness (QED) is 0.488. The summed E-state index contributed by atoms with van der Waals surface area (Å²) in [7, 11) is 0. The first-order valence-electron chi connectivity index (χ1n) is 7.92. The Morgan fingerprint density at radius 2 is 2.04 bits per heavy atom. The molecule has 6 nitrogen and oxygen atoms in total. The van der Waals surface area contributed by atoms with Crippen LogP contribution in [0.3, 0.4) is 0 Å². The Labute approximate surface area is 158 Å². The molecule has 0 bridgehead atoms. The highest BCUT2D eigenvalue weighted by Gasteiger charge is 2.11. The van der Waals surface area contributed by atoms with Crippen LogP contribution in [0.1, 0.15) is 27.2 Å². The highest BCUT2D eigenvalue weighted by Crippen LogP contribution is 2.30. The average Bonchev–Trinajstić information content (AvgIpc) is 2.97. The van der Waals surface area contributed by atoms with E-state index < -0.39 is 5.97 Å². The molecule has 0 aliphatic rings. The van der Waals surface area contributed by atoms with Crippen LogP contribution in [0.4, 0.5) is 5.69 Å². The van der Waals surface area contributed by atoms with Crippen molar-refractivity contribution in [2.45, 2.75) is 25.3 Å². The number of benzene rings is 1. The first-order chi connectivity index (χ1) is 12.4. The first-order valence-corrected chi connectivity index (χ1v) is 9.72. The van der Waals surface area contributed by atoms with Crippen LogP contribution in [0, 0.1) is 13.8 Å². The fourth-order valence-electron chi connectivity index (χ4n) is 2.41. The lowest BCUT2D eigenvalue weighted by Gasteiger charge is -2.09. The third-order valence-corrected chi connectivity index (χ3v) is 5.71. The number of aryl methyl sites for hydroxylation is 2. The molecular weight excluding hydrogens is 370 g/mol. The second-order valence-corrected chi connectivity index (χ2v) is 8.05. The molecule has 0 radical (unpaired) electrons. The Hall–Kier alpha value is -2.45. The minimum atomic E-state index is -1.02. The van der Waals surface area contributed by atoms with E-state index in [1.807, 2.05) is 13.8 Å². The summed E-state index contributed by atoms with van der Waals surface area (Å²) in [4.78, 5) is 34.0. The molecule has 0 fully saturated rings. The van der Waals surface area contributed by atoms with Crippen LogP contribution in [0.15, 0.2) is 35.6 Å². The number of aromatic carboxylic acids is 1. The van der Waals surface area contributed by atoms with Crippen molar-refractivity contribution in [1.82, 2.24) is 9.97 Å². The Morgan fingerprint density at radius 1 is 1.23 bits per heavy atom. The Bertz CT molecular complexity index is 985. The van der Waals surface area contributed by atoms with E-state index in [4.69, 9.17) is 5.11 Å². The number of carbonyl (C=O) groups excluding carboxylic acids is 1. The van der Waals surface area contributed by atoms with Crippen molar-refractivity contribution in [1.29, 1.82) is 0 Å². The normalized spacial score (nSPS) is 10.8. The van der Waals surface area contributed by atoms with Crippen molar-refractivity contribution in [3.05, 3.63) is 46.6 Å². The predicted molar refractivity (Wildman–Crippen MR) is 104 cm³/mol. The Morgan fingerprint density at radius 3 is 2.81 bits per heavy atom. The van der Waals surface area contributed by atoms with Crippen LogP contribution in [0.5, 0.6) is 0 Å². The number of fused-ring (bicyclic) bond motifs is 1. The van der Waals surface area contributed by atoms with E-state index in [1.165, 1.54) is 28.8 Å². The van der Waals surface area contributed by atoms with E-state index in [0.717, 1.165) is 20.8 Å². The molecule has 0 spiro atoms. The van der Waals surface area contributed by atoms with Crippen molar-refractivity contribution in [2.24, 2.45) is 0 Å². The van der Waals surface area contributed by atoms with Crippen molar-refractivity contribution in [2.75, 3.05) is 11.1 Å². The molecule has 26 heavy (non-hydrogen) atoms. The molecule has 2 N–H and O–H groups in total. The number of thioether (sulfide) groups is 1. The molecule has 3 rings (SSSR count). The van der Waals surface area contributed by atoms with Gasteiger partial charge in [0, 0.05) is 28.1 Å². The molecule has 1 aromatic carbocycles. The maximum atomic E-state index is 12.2. The molecule has 2 heterocycles. The summed E-state index contributed by atoms with van der Waals surface area (Å²) < 4.78 is 0. The molecule has 3 aromatic rings. The summed E-state index contributed by atoms with van der Waals surface area (Å²) >= 11 is 3.14. The van der Waals surface area contributed by atoms with Gasteiger partial charge in [-0.2, -0.15) is 0 Å². The molecule has 0 saturated heterocycles. The van der Waals surface area contributed by atoms with E-state index in [1.54, 1.807) is 23.7 Å². The Kier molecular flexibility index (Phi) is 5.53. The second kappa shape index (κ2) is 7.84. The van der Waals surface area contributed by atoms with Gasteiger partial charge in [0.15, 0.2) is 0 Å². The summed E-state index contributed by atoms with van der Waals surface area (Å²) in [5, 5.41) is 13.7. The topological polar surface area (TPSA) is 92.2 Å². The maximum Gasteiger partial charge on any atom is 0.335 e. The smallest absolute Gasteiger partial charge is 0.335 e. The number of amides is 1. The highest BCUT2D eigenvalue weighted by atomic mass is 32.2. The van der Waals surface area contributed by atoms with E-state index in [2.05, 4.69) is 21.4 Å². The zero-order chi connectivity index (χ0) is 18.7. The van der Waals surface area contributed by atoms with Gasteiger partial charge in [-0.05, 0) is 37.6 Å². The van der Waals surface area contributed by atoms with Crippen LogP contribution in [-0.4, -0.2) is 32.7 Å². The zero-order valence-electron chi connectivity index (χ0n) is 14.3. The molecule has 0 unspecified atom stereocenters. The number of nitrogens with one attached hydrogen (secondary N) is 1. The van der Waals surface area contributed by atoms with E-state index >= 15 is 0 Å². The van der Waals surface area contributed by atoms with Gasteiger partial charge in [0.25, 0.3) is 0 Å². The second-order valence-electron chi connectivity index (χ2n) is 5.74. The van der Waals surface area contributed by atoms with Crippen molar-refractivity contribution < 1.29 is 14.7 Å². The van der Waals surface area contributed by atoms with Gasteiger partial charge in [0.2, 0.25) is 5.91 Å². The van der Waals surface area contributed by atoms with E-state index in [9.17, 15) is 9.59 Å². The summed E-state index contributed by atoms with van der Waals surface area (Å²) in [6, 6.07) is 6.74. The minimum Gasteiger partial charge on any atom is -0.478 e. The molecule has 1 amide bonds. The van der Waals surface area contributed by atoms with Crippen LogP contribution in [-0.2, 0) is 4.79 Å². The molecule has 0 saturated carbocycles. The highest BCUT2D eigenvalue weighted by molar-refractivity contribution is 7.99. The lowest BCUT2D eigenvalue weighted by molar-refractivity contribution is -0.115. The SMILES string of the molecule is Cc1cc2c(SCCC(=O)Nc3cc(C(=O)O)ccc3C)ncnc2s1. The zero-order valence-corrected chi connectivity index (χ0v) is 15.9. The summed E-state index contributed by atoms with van der Waals surface area (Å²) in [6.07, 6.45) is 1.84. The number of nitrogens with zero attached hydrogens (tertiary/aromatic N) is 2. The molecular formula is C18H17N3O3S2. The number of hydrogen-bond donors (Lipinski definition) is 2. The number of anilines is 1. The van der Waals surface area contributed by atoms with Crippen LogP contribution < -0.4 is 5.32 Å². The summed E-state index contributed by atoms with van der Waals surface area (Å²) in [6.45, 7) is 3.86. The van der Waals surface area contributed by atoms with Crippen LogP contribution in [0.25, 0.3) is 10.2 Å². The van der Waals surface area contributed by atoms with Crippen molar-refractivity contribution >= 4 is 50.9 Å². The maximum absolute atomic E-state index is 12.2. The molecule has 0 aliphatic carbocycles. The van der Waals surface area contributed by atoms with Gasteiger partial charge >= 0.3 is 5.97 Å². The van der Waals surface area contributed by atoms with Crippen LogP contribution >= 0.6 is 23.1 Å². The number of aromatic nitrogens is 2. The summed E-state index contributed by atoms with van der Waals surface area (Å²) in [5.74, 6) is -0.602. The molecule has 0 aliphatic heterocycles. The average molecular weight is 387 g/mol. The number of carbonyl (C=O) groups is 2. The van der Waals surface area contributed by atoms with Gasteiger partial charge < -0.3 is 10.4 Å². The molecule has 0 atom stereocenters. The number of hydrogen-bond acceptors (Lipinski definition) is 6. The number of carboxylic acid groups (broad SMARTS) is 1. The Balaban J connectivity index is 1.61. The number of thiophene rings is 1. The fourth-order valence-corrected chi connectivity index (χ4v) is 4.24. The lowest BCUT2D eigenvalue weighted by Crippen LogP contribution is -2.13. The van der Waals surface area contributed by atoms with E-state index in [0.29, 0.717) is 17.9 Å². The largest absolute Gasteiger partial charge is 0.478 e. The first kappa shape index (κ1) is 18.3. The number of carboxylic acids is 1. The monoisotopic (exact) mass is 387 g/mol. The third-order valence-electron chi connectivity index (χ3n) is 3.74. The molecule has 8 heteroatoms. The fraction of sp³-hybridized carbons (Fsp3) is 0.222. The predicted octanol–water partition coefficient (Wildman–Crippen LogP) is 4.13. The van der Waals surface area contributed by atoms with Crippen molar-refractivity contribution in [3.63, 3.8) is 0 Å². The van der Waals surface area contributed by atoms with Gasteiger partial charge in [0.05, 0.1) is 5.56 Å². The minimum absolute atomic E-state index is 0.150. The van der Waals surface area contributed by atoms with E-state index in [-0.39, 0.29) is 11.5 Å². The number of rotatable bonds is 6.